The van der Waals surface area contributed by atoms with Crippen LogP contribution >= 0.6 is 24.0 Å². The molecule has 0 aliphatic carbocycles. The second-order valence-electron chi connectivity index (χ2n) is 2.98. The Morgan fingerprint density at radius 2 is 2.56 bits per heavy atom. The van der Waals surface area contributed by atoms with Crippen LogP contribution in [-0.4, -0.2) is 40.4 Å². The summed E-state index contributed by atoms with van der Waals surface area (Å²) in [6, 6.07) is 0. The van der Waals surface area contributed by atoms with E-state index < -0.39 is 0 Å². The van der Waals surface area contributed by atoms with Crippen molar-refractivity contribution in [2.75, 3.05) is 19.3 Å². The summed E-state index contributed by atoms with van der Waals surface area (Å²) in [5, 5.41) is 7.88. The average Bonchev–Trinajstić information content (AvgIpc) is 2.29. The minimum absolute atomic E-state index is 0.0644. The lowest BCUT2D eigenvalue weighted by Gasteiger charge is -2.26. The third-order valence-electron chi connectivity index (χ3n) is 1.87. The summed E-state index contributed by atoms with van der Waals surface area (Å²) >= 11 is 6.42. The van der Waals surface area contributed by atoms with Gasteiger partial charge in [0.1, 0.15) is 0 Å². The highest BCUT2D eigenvalue weighted by atomic mass is 32.2. The Hall–Kier alpha value is -1.08. The van der Waals surface area contributed by atoms with E-state index in [1.807, 2.05) is 0 Å². The van der Waals surface area contributed by atoms with Crippen LogP contribution in [0.1, 0.15) is 6.42 Å². The van der Waals surface area contributed by atoms with Gasteiger partial charge in [0.2, 0.25) is 5.91 Å². The lowest BCUT2D eigenvalue weighted by Crippen LogP contribution is -2.41. The van der Waals surface area contributed by atoms with Crippen molar-refractivity contribution >= 4 is 40.2 Å². The zero-order valence-electron chi connectivity index (χ0n) is 9.02. The lowest BCUT2D eigenvalue weighted by atomic mass is 10.4. The van der Waals surface area contributed by atoms with Gasteiger partial charge in [-0.05, 0) is 12.2 Å². The van der Waals surface area contributed by atoms with Gasteiger partial charge in [-0.25, -0.2) is 0 Å². The summed E-state index contributed by atoms with van der Waals surface area (Å²) < 4.78 is 0. The molecule has 1 rings (SSSR count). The van der Waals surface area contributed by atoms with E-state index in [2.05, 4.69) is 22.4 Å². The van der Waals surface area contributed by atoms with Gasteiger partial charge in [0.15, 0.2) is 10.3 Å². The quantitative estimate of drug-likeness (QED) is 0.439. The lowest BCUT2D eigenvalue weighted by molar-refractivity contribution is -0.126. The first-order valence-corrected chi connectivity index (χ1v) is 6.18. The summed E-state index contributed by atoms with van der Waals surface area (Å²) in [7, 11) is 1.70. The van der Waals surface area contributed by atoms with Crippen molar-refractivity contribution in [3.63, 3.8) is 0 Å². The van der Waals surface area contributed by atoms with Gasteiger partial charge in [-0.3, -0.25) is 15.1 Å². The van der Waals surface area contributed by atoms with Crippen LogP contribution in [0.15, 0.2) is 17.8 Å². The molecule has 0 spiro atoms. The number of rotatable bonds is 3. The van der Waals surface area contributed by atoms with Crippen LogP contribution in [0.2, 0.25) is 0 Å². The number of hydrazone groups is 1. The van der Waals surface area contributed by atoms with E-state index in [1.165, 1.54) is 11.8 Å². The van der Waals surface area contributed by atoms with Crippen LogP contribution in [0, 0.1) is 0 Å². The molecule has 0 aromatic carbocycles. The molecule has 0 saturated carbocycles. The van der Waals surface area contributed by atoms with E-state index >= 15 is 0 Å². The number of nitrogens with zero attached hydrogens (tertiary/aromatic N) is 2. The normalized spacial score (nSPS) is 18.4. The topological polar surface area (TPSA) is 56.7 Å². The third kappa shape index (κ3) is 3.49. The van der Waals surface area contributed by atoms with Gasteiger partial charge in [-0.1, -0.05) is 17.8 Å². The third-order valence-corrected chi connectivity index (χ3v) is 3.14. The molecule has 2 N–H and O–H groups in total. The fraction of sp³-hybridized carbons (Fsp3) is 0.444. The fourth-order valence-electron chi connectivity index (χ4n) is 1.11. The molecule has 1 aliphatic heterocycles. The molecule has 1 aliphatic rings. The Balaban J connectivity index is 2.70. The average molecular weight is 258 g/mol. The molecular formula is C9H14N4OS2. The molecule has 1 saturated heterocycles. The maximum Gasteiger partial charge on any atom is 0.229 e. The van der Waals surface area contributed by atoms with Gasteiger partial charge in [-0.15, -0.1) is 11.7 Å². The number of thiocarbonyl (C=S) groups is 1. The van der Waals surface area contributed by atoms with Crippen molar-refractivity contribution in [1.29, 1.82) is 0 Å². The molecule has 0 bridgehead atoms. The van der Waals surface area contributed by atoms with E-state index in [4.69, 9.17) is 12.2 Å². The number of thioether (sulfide) groups is 1. The Morgan fingerprint density at radius 3 is 3.19 bits per heavy atom. The summed E-state index contributed by atoms with van der Waals surface area (Å²) in [6.45, 7) is 4.09. The molecule has 7 heteroatoms. The van der Waals surface area contributed by atoms with Crippen molar-refractivity contribution in [1.82, 2.24) is 15.6 Å². The number of amides is 1. The van der Waals surface area contributed by atoms with Gasteiger partial charge in [-0.2, -0.15) is 0 Å². The maximum atomic E-state index is 11.6. The van der Waals surface area contributed by atoms with E-state index in [9.17, 15) is 4.79 Å². The van der Waals surface area contributed by atoms with Crippen LogP contribution in [0.4, 0.5) is 0 Å². The highest BCUT2D eigenvalue weighted by Gasteiger charge is 2.23. The smallest absolute Gasteiger partial charge is 0.229 e. The summed E-state index contributed by atoms with van der Waals surface area (Å²) in [4.78, 5) is 13.2. The van der Waals surface area contributed by atoms with Crippen LogP contribution in [0.5, 0.6) is 0 Å². The van der Waals surface area contributed by atoms with E-state index in [1.54, 1.807) is 18.0 Å². The molecule has 0 radical (unpaired) electrons. The molecule has 1 fully saturated rings. The van der Waals surface area contributed by atoms with Crippen molar-refractivity contribution in [3.05, 3.63) is 12.7 Å². The van der Waals surface area contributed by atoms with Crippen LogP contribution < -0.4 is 10.7 Å². The van der Waals surface area contributed by atoms with Crippen LogP contribution in [-0.2, 0) is 4.79 Å². The van der Waals surface area contributed by atoms with Gasteiger partial charge in [0.05, 0.1) is 0 Å². The van der Waals surface area contributed by atoms with Crippen molar-refractivity contribution < 1.29 is 4.79 Å². The molecule has 88 valence electrons. The molecule has 0 aromatic heterocycles. The predicted octanol–water partition coefficient (Wildman–Crippen LogP) is 0.503. The molecule has 0 unspecified atom stereocenters. The monoisotopic (exact) mass is 258 g/mol. The van der Waals surface area contributed by atoms with Gasteiger partial charge in [0, 0.05) is 25.8 Å². The Labute approximate surface area is 104 Å². The Bertz CT molecular complexity index is 329. The van der Waals surface area contributed by atoms with Crippen molar-refractivity contribution in [2.45, 2.75) is 6.42 Å². The first kappa shape index (κ1) is 13.0. The summed E-state index contributed by atoms with van der Waals surface area (Å²) in [6.07, 6.45) is 2.21. The number of hydrogen-bond donors (Lipinski definition) is 2. The second kappa shape index (κ2) is 6.49. The highest BCUT2D eigenvalue weighted by molar-refractivity contribution is 8.13. The minimum Gasteiger partial charge on any atom is -0.364 e. The highest BCUT2D eigenvalue weighted by Crippen LogP contribution is 2.18. The molecule has 16 heavy (non-hydrogen) atoms. The molecule has 0 aromatic rings. The largest absolute Gasteiger partial charge is 0.364 e. The molecular weight excluding hydrogens is 244 g/mol. The van der Waals surface area contributed by atoms with Crippen molar-refractivity contribution in [3.8, 4) is 0 Å². The number of carbonyl (C=O) groups is 1. The molecule has 1 amide bonds. The standard InChI is InChI=1S/C9H14N4OS2/c1-3-5-13-7(14)4-6-16-9(13)12-11-8(15)10-2/h3H,1,4-6H2,2H3,(H2,10,11,15)/b12-9+. The minimum atomic E-state index is 0.0644. The first-order chi connectivity index (χ1) is 7.69. The van der Waals surface area contributed by atoms with Crippen LogP contribution in [0.25, 0.3) is 0 Å². The maximum absolute atomic E-state index is 11.6. The van der Waals surface area contributed by atoms with Gasteiger partial charge >= 0.3 is 0 Å². The summed E-state index contributed by atoms with van der Waals surface area (Å²) in [5.41, 5.74) is 2.67. The SMILES string of the molecule is C=CCN1C(=O)CCS/C1=N/NC(=S)NC. The van der Waals surface area contributed by atoms with Crippen molar-refractivity contribution in [2.24, 2.45) is 5.10 Å². The van der Waals surface area contributed by atoms with E-state index in [0.29, 0.717) is 23.2 Å². The fourth-order valence-corrected chi connectivity index (χ4v) is 2.05. The molecule has 0 atom stereocenters. The van der Waals surface area contributed by atoms with E-state index in [0.717, 1.165) is 5.75 Å². The van der Waals surface area contributed by atoms with Gasteiger partial charge < -0.3 is 5.32 Å². The molecule has 5 nitrogen and oxygen atoms in total. The Morgan fingerprint density at radius 1 is 1.81 bits per heavy atom. The van der Waals surface area contributed by atoms with Crippen LogP contribution in [0.3, 0.4) is 0 Å². The zero-order valence-corrected chi connectivity index (χ0v) is 10.7. The summed E-state index contributed by atoms with van der Waals surface area (Å²) in [5.74, 6) is 0.814. The second-order valence-corrected chi connectivity index (χ2v) is 4.45. The number of hydrogen-bond acceptors (Lipinski definition) is 4. The Kier molecular flexibility index (Phi) is 5.27. The first-order valence-electron chi connectivity index (χ1n) is 4.78. The molecule has 1 heterocycles. The predicted molar refractivity (Wildman–Crippen MR) is 71.2 cm³/mol. The van der Waals surface area contributed by atoms with E-state index in [-0.39, 0.29) is 5.91 Å². The van der Waals surface area contributed by atoms with Gasteiger partial charge in [0.25, 0.3) is 0 Å². The number of carbonyl (C=O) groups excluding carboxylic acids is 1. The number of amidine groups is 1. The number of nitrogens with one attached hydrogen (secondary N) is 2. The zero-order chi connectivity index (χ0) is 12.0.